The Hall–Kier alpha value is 1.44. The molecule has 0 heterocycles. The molecule has 3 nitrogen and oxygen atoms in total. The summed E-state index contributed by atoms with van der Waals surface area (Å²) >= 11 is 4.71. The molecule has 0 spiro atoms. The van der Waals surface area contributed by atoms with Crippen molar-refractivity contribution in [1.29, 1.82) is 0 Å². The quantitative estimate of drug-likeness (QED) is 0.249. The summed E-state index contributed by atoms with van der Waals surface area (Å²) in [5.74, 6) is 0. The van der Waals surface area contributed by atoms with Crippen molar-refractivity contribution in [3.8, 4) is 0 Å². The molecule has 7 heavy (non-hydrogen) atoms. The van der Waals surface area contributed by atoms with Crippen LogP contribution in [0.15, 0.2) is 0 Å². The molecule has 0 aliphatic rings. The van der Waals surface area contributed by atoms with Crippen molar-refractivity contribution in [2.24, 2.45) is 0 Å². The van der Waals surface area contributed by atoms with Crippen LogP contribution in [0.2, 0.25) is 0 Å². The van der Waals surface area contributed by atoms with E-state index in [4.69, 9.17) is 21.4 Å². The summed E-state index contributed by atoms with van der Waals surface area (Å²) in [6.07, 6.45) is 0. The molecule has 0 aromatic rings. The van der Waals surface area contributed by atoms with Crippen molar-refractivity contribution in [3.63, 3.8) is 0 Å². The minimum absolute atomic E-state index is 0. The molecule has 6 heteroatoms. The second kappa shape index (κ2) is 4.33. The molecule has 0 fully saturated rings. The van der Waals surface area contributed by atoms with Gasteiger partial charge in [0.05, 0.1) is 0 Å². The van der Waals surface area contributed by atoms with Gasteiger partial charge in [-0.15, -0.1) is 11.6 Å². The van der Waals surface area contributed by atoms with Crippen molar-refractivity contribution in [3.05, 3.63) is 0 Å². The molecular weight excluding hydrogens is 149 g/mol. The molecule has 40 valence electrons. The van der Waals surface area contributed by atoms with E-state index in [0.29, 0.717) is 0 Å². The van der Waals surface area contributed by atoms with Crippen LogP contribution in [0.25, 0.3) is 0 Å². The van der Waals surface area contributed by atoms with Gasteiger partial charge in [-0.3, -0.25) is 4.57 Å². The van der Waals surface area contributed by atoms with Crippen LogP contribution in [0.3, 0.4) is 0 Å². The van der Waals surface area contributed by atoms with Crippen LogP contribution in [0.1, 0.15) is 1.43 Å². The van der Waals surface area contributed by atoms with Gasteiger partial charge in [0, 0.05) is 0 Å². The summed E-state index contributed by atoms with van der Waals surface area (Å²) in [5, 5.41) is 0. The van der Waals surface area contributed by atoms with Gasteiger partial charge in [0.2, 0.25) is 0 Å². The van der Waals surface area contributed by atoms with Crippen LogP contribution in [-0.2, 0) is 4.57 Å². The normalized spacial score (nSPS) is 10.1. The molecule has 0 radical (unpaired) electrons. The summed E-state index contributed by atoms with van der Waals surface area (Å²) < 4.78 is 9.56. The summed E-state index contributed by atoms with van der Waals surface area (Å²) in [6, 6.07) is 0. The van der Waals surface area contributed by atoms with Gasteiger partial charge < -0.3 is 11.2 Å². The Bertz CT molecular complexity index is 83.4. The Morgan fingerprint density at radius 2 is 1.86 bits per heavy atom. The Morgan fingerprint density at radius 3 is 1.86 bits per heavy atom. The van der Waals surface area contributed by atoms with E-state index in [-0.39, 0.29) is 31.0 Å². The van der Waals surface area contributed by atoms with Gasteiger partial charge in [0.15, 0.2) is 0 Å². The Labute approximate surface area is 70.0 Å². The zero-order valence-electron chi connectivity index (χ0n) is 4.83. The zero-order chi connectivity index (χ0) is 5.21. The molecule has 0 aromatic heterocycles. The average molecular weight is 154 g/mol. The third-order valence-corrected chi connectivity index (χ3v) is 1.40. The second-order valence-corrected chi connectivity index (χ2v) is 3.07. The fourth-order valence-electron chi connectivity index (χ4n) is 0. The number of halogens is 1. The van der Waals surface area contributed by atoms with Crippen LogP contribution in [0.4, 0.5) is 0 Å². The fraction of sp³-hybridized carbons (Fsp3) is 1.00. The molecule has 0 aliphatic heterocycles. The minimum Gasteiger partial charge on any atom is -1.00 e. The summed E-state index contributed by atoms with van der Waals surface area (Å²) in [6.45, 7) is 0. The second-order valence-electron chi connectivity index (χ2n) is 0.784. The molecule has 0 aliphatic carbocycles. The number of rotatable bonds is 1. The van der Waals surface area contributed by atoms with Crippen LogP contribution in [0.5, 0.6) is 0 Å². The third kappa shape index (κ3) is 11.2. The predicted molar refractivity (Wildman–Crippen MR) is 23.9 cm³/mol. The van der Waals surface area contributed by atoms with E-state index in [9.17, 15) is 4.57 Å². The first-order valence-corrected chi connectivity index (χ1v) is 3.50. The molecule has 0 saturated carbocycles. The molecule has 0 unspecified atom stereocenters. The standard InChI is InChI=1S/CH4ClO3P.Na.H/c2-1-6(3,4)5;;/h1H2,(H2,3,4,5);;/q;+1;-1. The Morgan fingerprint density at radius 1 is 1.71 bits per heavy atom. The zero-order valence-corrected chi connectivity index (χ0v) is 7.49. The molecule has 0 aromatic carbocycles. The average Bonchev–Trinajstić information content (AvgIpc) is 1.35. The van der Waals surface area contributed by atoms with Gasteiger partial charge in [-0.25, -0.2) is 0 Å². The molecule has 0 amide bonds. The third-order valence-electron chi connectivity index (χ3n) is 0.156. The van der Waals surface area contributed by atoms with Gasteiger partial charge in [0.25, 0.3) is 0 Å². The van der Waals surface area contributed by atoms with Gasteiger partial charge in [0.1, 0.15) is 5.62 Å². The fourth-order valence-corrected chi connectivity index (χ4v) is 0. The predicted octanol–water partition coefficient (Wildman–Crippen LogP) is -2.52. The maximum Gasteiger partial charge on any atom is 1.00 e. The van der Waals surface area contributed by atoms with Crippen molar-refractivity contribution in [2.45, 2.75) is 0 Å². The smallest absolute Gasteiger partial charge is 1.00 e. The minimum atomic E-state index is -3.88. The van der Waals surface area contributed by atoms with Gasteiger partial charge in [-0.1, -0.05) is 0 Å². The van der Waals surface area contributed by atoms with Gasteiger partial charge in [-0.2, -0.15) is 0 Å². The van der Waals surface area contributed by atoms with E-state index in [2.05, 4.69) is 0 Å². The van der Waals surface area contributed by atoms with Crippen LogP contribution < -0.4 is 29.6 Å². The summed E-state index contributed by atoms with van der Waals surface area (Å²) in [4.78, 5) is 15.6. The molecule has 0 bridgehead atoms. The van der Waals surface area contributed by atoms with E-state index in [1.807, 2.05) is 0 Å². The maximum absolute atomic E-state index is 9.56. The monoisotopic (exact) mass is 154 g/mol. The Kier molecular flexibility index (Phi) is 6.97. The maximum atomic E-state index is 9.56. The van der Waals surface area contributed by atoms with Crippen LogP contribution >= 0.6 is 19.2 Å². The van der Waals surface area contributed by atoms with Crippen molar-refractivity contribution in [2.75, 3.05) is 5.62 Å². The summed E-state index contributed by atoms with van der Waals surface area (Å²) in [5.41, 5.74) is -0.590. The molecule has 2 N–H and O–H groups in total. The first kappa shape index (κ1) is 11.3. The molecular formula is CH5ClNaO3P. The van der Waals surface area contributed by atoms with E-state index in [0.717, 1.165) is 0 Å². The summed E-state index contributed by atoms with van der Waals surface area (Å²) in [7, 11) is -3.88. The first-order chi connectivity index (χ1) is 2.56. The first-order valence-electron chi connectivity index (χ1n) is 1.17. The number of hydrogen-bond acceptors (Lipinski definition) is 1. The number of hydrogen-bond donors (Lipinski definition) is 2. The Balaban J connectivity index is -0.000000125. The van der Waals surface area contributed by atoms with Gasteiger partial charge >= 0.3 is 37.2 Å². The van der Waals surface area contributed by atoms with Crippen LogP contribution in [0, 0.1) is 0 Å². The topological polar surface area (TPSA) is 57.5 Å². The van der Waals surface area contributed by atoms with Crippen LogP contribution in [-0.4, -0.2) is 15.4 Å². The van der Waals surface area contributed by atoms with E-state index < -0.39 is 13.2 Å². The number of alkyl halides is 1. The van der Waals surface area contributed by atoms with Crippen molar-refractivity contribution in [1.82, 2.24) is 0 Å². The van der Waals surface area contributed by atoms with E-state index in [1.165, 1.54) is 0 Å². The molecule has 0 saturated heterocycles. The van der Waals surface area contributed by atoms with E-state index >= 15 is 0 Å². The molecule has 0 rings (SSSR count). The molecule has 0 atom stereocenters. The largest absolute Gasteiger partial charge is 1.00 e. The van der Waals surface area contributed by atoms with Crippen molar-refractivity contribution < 1.29 is 45.3 Å². The SMILES string of the molecule is O=P(O)(O)CCl.[H-].[Na+]. The van der Waals surface area contributed by atoms with E-state index in [1.54, 1.807) is 0 Å². The van der Waals surface area contributed by atoms with Crippen molar-refractivity contribution >= 4 is 19.2 Å². The van der Waals surface area contributed by atoms with Gasteiger partial charge in [-0.05, 0) is 0 Å².